The molecule has 0 bridgehead atoms. The van der Waals surface area contributed by atoms with Crippen LogP contribution in [0.1, 0.15) is 238 Å². The molecule has 0 aliphatic heterocycles. The van der Waals surface area contributed by atoms with Gasteiger partial charge in [0.25, 0.3) is 0 Å². The minimum absolute atomic E-state index is 0. The van der Waals surface area contributed by atoms with Crippen molar-refractivity contribution in [3.63, 3.8) is 0 Å². The lowest BCUT2D eigenvalue weighted by Gasteiger charge is -2.19. The number of hydrogen-bond donors (Lipinski definition) is 1. The van der Waals surface area contributed by atoms with E-state index in [-0.39, 0.29) is 12.4 Å². The molecule has 0 radical (unpaired) electrons. The molecule has 0 heterocycles. The molecule has 0 aliphatic rings. The Morgan fingerprint density at radius 1 is 0.383 bits per heavy atom. The predicted molar refractivity (Wildman–Crippen MR) is 217 cm³/mol. The first-order valence-electron chi connectivity index (χ1n) is 21.3. The first kappa shape index (κ1) is 46.0. The van der Waals surface area contributed by atoms with E-state index >= 15 is 0 Å². The Morgan fingerprint density at radius 3 is 1.02 bits per heavy atom. The molecule has 276 valence electrons. The second-order valence-corrected chi connectivity index (χ2v) is 14.7. The van der Waals surface area contributed by atoms with E-state index in [4.69, 9.17) is 0 Å². The van der Waals surface area contributed by atoms with Gasteiger partial charge < -0.3 is 5.32 Å². The Morgan fingerprint density at radius 2 is 0.681 bits per heavy atom. The van der Waals surface area contributed by atoms with E-state index < -0.39 is 0 Å². The van der Waals surface area contributed by atoms with Gasteiger partial charge in [-0.3, -0.25) is 0 Å². The third-order valence-corrected chi connectivity index (χ3v) is 10.2. The summed E-state index contributed by atoms with van der Waals surface area (Å²) in [5, 5.41) is 4.02. The predicted octanol–water partition coefficient (Wildman–Crippen LogP) is 16.4. The van der Waals surface area contributed by atoms with Crippen LogP contribution in [-0.4, -0.2) is 0 Å². The van der Waals surface area contributed by atoms with Gasteiger partial charge in [-0.15, -0.1) is 12.4 Å². The number of rotatable bonds is 36. The fraction of sp³-hybridized carbons (Fsp3) is 0.822. The fourth-order valence-electron chi connectivity index (χ4n) is 7.06. The largest absolute Gasteiger partial charge is 0.384 e. The Hall–Kier alpha value is -0.950. The number of unbranched alkanes of at least 4 members (excludes halogenated alkanes) is 27. The van der Waals surface area contributed by atoms with Gasteiger partial charge in [-0.05, 0) is 44.1 Å². The van der Waals surface area contributed by atoms with E-state index in [1.807, 2.05) is 0 Å². The molecule has 1 rings (SSSR count). The van der Waals surface area contributed by atoms with E-state index in [0.29, 0.717) is 0 Å². The van der Waals surface area contributed by atoms with E-state index in [1.54, 1.807) is 11.3 Å². The molecule has 1 nitrogen and oxygen atoms in total. The van der Waals surface area contributed by atoms with Crippen molar-refractivity contribution in [1.29, 1.82) is 0 Å². The monoisotopic (exact) mass is 674 g/mol. The fourth-order valence-corrected chi connectivity index (χ4v) is 7.06. The summed E-state index contributed by atoms with van der Waals surface area (Å²) in [6.07, 6.45) is 46.6. The van der Waals surface area contributed by atoms with Gasteiger partial charge in [0.05, 0.1) is 0 Å². The van der Waals surface area contributed by atoms with Crippen molar-refractivity contribution < 1.29 is 0 Å². The maximum Gasteiger partial charge on any atom is 0.0397 e. The first-order chi connectivity index (χ1) is 22.8. The van der Waals surface area contributed by atoms with Gasteiger partial charge in [-0.2, -0.15) is 0 Å². The lowest BCUT2D eigenvalue weighted by atomic mass is 9.95. The molecule has 0 spiro atoms. The molecule has 1 aromatic rings. The summed E-state index contributed by atoms with van der Waals surface area (Å²) in [5.41, 5.74) is 4.82. The number of hydrogen-bond acceptors (Lipinski definition) is 1. The van der Waals surface area contributed by atoms with Gasteiger partial charge in [0.15, 0.2) is 0 Å². The van der Waals surface area contributed by atoms with E-state index in [9.17, 15) is 0 Å². The van der Waals surface area contributed by atoms with Crippen molar-refractivity contribution in [1.82, 2.24) is 5.32 Å². The molecule has 0 saturated carbocycles. The summed E-state index contributed by atoms with van der Waals surface area (Å²) in [4.78, 5) is 0. The maximum absolute atomic E-state index is 4.02. The first-order valence-corrected chi connectivity index (χ1v) is 21.3. The van der Waals surface area contributed by atoms with E-state index in [2.05, 4.69) is 56.4 Å². The molecule has 2 heteroatoms. The van der Waals surface area contributed by atoms with Gasteiger partial charge >= 0.3 is 0 Å². The zero-order valence-corrected chi connectivity index (χ0v) is 33.2. The molecule has 0 unspecified atom stereocenters. The Bertz CT molecular complexity index is 730. The zero-order valence-electron chi connectivity index (χ0n) is 32.3. The smallest absolute Gasteiger partial charge is 0.0397 e. The van der Waals surface area contributed by atoms with Crippen molar-refractivity contribution >= 4 is 12.4 Å². The van der Waals surface area contributed by atoms with Gasteiger partial charge in [-0.25, -0.2) is 0 Å². The van der Waals surface area contributed by atoms with Crippen molar-refractivity contribution in [3.8, 4) is 0 Å². The van der Waals surface area contributed by atoms with Crippen LogP contribution in [0.3, 0.4) is 0 Å². The lowest BCUT2D eigenvalue weighted by Crippen LogP contribution is -2.16. The molecule has 0 aromatic heterocycles. The highest BCUT2D eigenvalue weighted by atomic mass is 35.5. The minimum atomic E-state index is 0. The highest BCUT2D eigenvalue weighted by Crippen LogP contribution is 2.25. The van der Waals surface area contributed by atoms with Gasteiger partial charge in [0.2, 0.25) is 0 Å². The summed E-state index contributed by atoms with van der Waals surface area (Å²) in [6, 6.07) is 11.1. The molecule has 1 N–H and O–H groups in total. The maximum atomic E-state index is 4.02. The third-order valence-electron chi connectivity index (χ3n) is 10.2. The van der Waals surface area contributed by atoms with Crippen LogP contribution >= 0.6 is 12.4 Å². The van der Waals surface area contributed by atoms with Crippen LogP contribution in [0.15, 0.2) is 41.6 Å². The molecule has 1 aromatic carbocycles. The summed E-state index contributed by atoms with van der Waals surface area (Å²) in [5.74, 6) is 0. The molecular weight excluding hydrogens is 590 g/mol. The van der Waals surface area contributed by atoms with Crippen LogP contribution in [0.2, 0.25) is 0 Å². The third kappa shape index (κ3) is 30.8. The molecule has 0 atom stereocenters. The van der Waals surface area contributed by atoms with Crippen molar-refractivity contribution in [3.05, 3.63) is 47.2 Å². The molecule has 47 heavy (non-hydrogen) atoms. The topological polar surface area (TPSA) is 12.0 Å². The second kappa shape index (κ2) is 37.9. The van der Waals surface area contributed by atoms with E-state index in [1.165, 1.54) is 217 Å². The van der Waals surface area contributed by atoms with Crippen LogP contribution in [-0.2, 0) is 6.54 Å². The van der Waals surface area contributed by atoms with Crippen molar-refractivity contribution in [2.24, 2.45) is 0 Å². The van der Waals surface area contributed by atoms with Crippen LogP contribution in [0.25, 0.3) is 0 Å². The lowest BCUT2D eigenvalue weighted by molar-refractivity contribution is 0.537. The number of allylic oxidation sites excluding steroid dienone is 2. The van der Waals surface area contributed by atoms with Crippen LogP contribution in [0.4, 0.5) is 0 Å². The van der Waals surface area contributed by atoms with Gasteiger partial charge in [-0.1, -0.05) is 230 Å². The molecule has 0 fully saturated rings. The highest BCUT2D eigenvalue weighted by molar-refractivity contribution is 5.85. The van der Waals surface area contributed by atoms with Crippen LogP contribution in [0, 0.1) is 0 Å². The summed E-state index contributed by atoms with van der Waals surface area (Å²) in [6.45, 7) is 7.93. The Labute approximate surface area is 303 Å². The number of halogens is 1. The average Bonchev–Trinajstić information content (AvgIpc) is 3.08. The van der Waals surface area contributed by atoms with Gasteiger partial charge in [0.1, 0.15) is 0 Å². The Kier molecular flexibility index (Phi) is 37.1. The normalized spacial score (nSPS) is 11.0. The van der Waals surface area contributed by atoms with Crippen molar-refractivity contribution in [2.75, 3.05) is 0 Å². The van der Waals surface area contributed by atoms with Crippen molar-refractivity contribution in [2.45, 2.75) is 239 Å². The summed E-state index contributed by atoms with van der Waals surface area (Å²) < 4.78 is 0. The van der Waals surface area contributed by atoms with Gasteiger partial charge in [0, 0.05) is 12.2 Å². The van der Waals surface area contributed by atoms with Crippen LogP contribution < -0.4 is 5.32 Å². The quantitative estimate of drug-likeness (QED) is 0.0699. The summed E-state index contributed by atoms with van der Waals surface area (Å²) >= 11 is 0. The molecule has 0 amide bonds. The molecular formula is C45H84ClN. The second-order valence-electron chi connectivity index (χ2n) is 14.7. The minimum Gasteiger partial charge on any atom is -0.384 e. The number of benzene rings is 1. The molecule has 0 aliphatic carbocycles. The highest BCUT2D eigenvalue weighted by Gasteiger charge is 2.09. The Balaban J connectivity index is 0.0000212. The number of nitrogens with one attached hydrogen (secondary N) is 1. The van der Waals surface area contributed by atoms with E-state index in [0.717, 1.165) is 6.54 Å². The molecule has 0 saturated heterocycles. The standard InChI is InChI=1S/C45H83N.ClH/c1-4-7-10-13-16-19-22-25-28-34-39-44(40-35-29-26-23-20-17-14-11-8-5-2)45(46-42-43-37-32-31-33-38-43)41-36-30-27-24-21-18-15-12-9-6-3;/h31-33,37-38,46H,4-30,34-36,39-42H2,1-3H3;1H. The SMILES string of the molecule is CCCCCCCCCCCCC(CCCCCCCCCCCC)=C(CCCCCCCCCCCC)NCc1ccccc1.Cl. The van der Waals surface area contributed by atoms with Crippen LogP contribution in [0.5, 0.6) is 0 Å². The summed E-state index contributed by atoms with van der Waals surface area (Å²) in [7, 11) is 0. The average molecular weight is 675 g/mol. The zero-order chi connectivity index (χ0) is 33.0.